The van der Waals surface area contributed by atoms with Crippen molar-refractivity contribution in [1.29, 1.82) is 0 Å². The summed E-state index contributed by atoms with van der Waals surface area (Å²) < 4.78 is 1.85. The van der Waals surface area contributed by atoms with Crippen LogP contribution in [-0.2, 0) is 13.5 Å². The average molecular weight is 464 g/mol. The standard InChI is InChI=1S/C18H36N6.HI/c1-6-24(7-2)13-9-10-16(3)22-18(19-4)20-12-8-11-17-14-21-23(5)15-17;/h14-16H,6-13H2,1-5H3,(H2,19,20,22);1H. The third-order valence-corrected chi connectivity index (χ3v) is 4.31. The van der Waals surface area contributed by atoms with E-state index >= 15 is 0 Å². The van der Waals surface area contributed by atoms with E-state index in [9.17, 15) is 0 Å². The molecule has 1 atom stereocenters. The zero-order valence-corrected chi connectivity index (χ0v) is 18.9. The maximum atomic E-state index is 4.32. The molecule has 0 aromatic carbocycles. The number of guanidine groups is 1. The van der Waals surface area contributed by atoms with Crippen LogP contribution in [0.15, 0.2) is 17.4 Å². The van der Waals surface area contributed by atoms with Crippen LogP contribution in [0.1, 0.15) is 45.6 Å². The largest absolute Gasteiger partial charge is 0.356 e. The summed E-state index contributed by atoms with van der Waals surface area (Å²) >= 11 is 0. The van der Waals surface area contributed by atoms with E-state index in [1.165, 1.54) is 18.5 Å². The van der Waals surface area contributed by atoms with Crippen molar-refractivity contribution in [2.45, 2.75) is 52.5 Å². The Labute approximate surface area is 170 Å². The highest BCUT2D eigenvalue weighted by atomic mass is 127. The van der Waals surface area contributed by atoms with Gasteiger partial charge in [0.25, 0.3) is 0 Å². The summed E-state index contributed by atoms with van der Waals surface area (Å²) in [6.07, 6.45) is 8.50. The van der Waals surface area contributed by atoms with E-state index in [2.05, 4.69) is 52.6 Å². The number of nitrogens with zero attached hydrogens (tertiary/aromatic N) is 4. The van der Waals surface area contributed by atoms with Gasteiger partial charge in [-0.05, 0) is 57.8 Å². The first-order valence-electron chi connectivity index (χ1n) is 9.26. The van der Waals surface area contributed by atoms with Gasteiger partial charge < -0.3 is 15.5 Å². The third kappa shape index (κ3) is 10.7. The molecule has 1 aromatic rings. The molecule has 0 aliphatic carbocycles. The van der Waals surface area contributed by atoms with Crippen LogP contribution in [-0.4, -0.2) is 59.9 Å². The molecule has 0 spiro atoms. The fraction of sp³-hybridized carbons (Fsp3) is 0.778. The van der Waals surface area contributed by atoms with Crippen LogP contribution in [0.4, 0.5) is 0 Å². The van der Waals surface area contributed by atoms with Crippen molar-refractivity contribution in [3.05, 3.63) is 18.0 Å². The molecule has 1 heterocycles. The molecular weight excluding hydrogens is 427 g/mol. The Balaban J connectivity index is 0.00000576. The lowest BCUT2D eigenvalue weighted by atomic mass is 10.2. The molecule has 1 aromatic heterocycles. The van der Waals surface area contributed by atoms with E-state index in [-0.39, 0.29) is 24.0 Å². The predicted octanol–water partition coefficient (Wildman–Crippen LogP) is 2.65. The Kier molecular flexibility index (Phi) is 13.9. The van der Waals surface area contributed by atoms with Crippen molar-refractivity contribution in [1.82, 2.24) is 25.3 Å². The van der Waals surface area contributed by atoms with E-state index in [1.54, 1.807) is 0 Å². The molecule has 0 bridgehead atoms. The minimum atomic E-state index is 0. The van der Waals surface area contributed by atoms with Crippen LogP contribution in [0.5, 0.6) is 0 Å². The Morgan fingerprint density at radius 3 is 2.60 bits per heavy atom. The average Bonchev–Trinajstić information content (AvgIpc) is 2.99. The van der Waals surface area contributed by atoms with Gasteiger partial charge >= 0.3 is 0 Å². The quantitative estimate of drug-likeness (QED) is 0.229. The second-order valence-electron chi connectivity index (χ2n) is 6.34. The number of halogens is 1. The summed E-state index contributed by atoms with van der Waals surface area (Å²) in [5.74, 6) is 0.900. The smallest absolute Gasteiger partial charge is 0.191 e. The van der Waals surface area contributed by atoms with E-state index in [0.717, 1.165) is 44.9 Å². The number of aromatic nitrogens is 2. The van der Waals surface area contributed by atoms with E-state index in [1.807, 2.05) is 25.0 Å². The summed E-state index contributed by atoms with van der Waals surface area (Å²) in [6.45, 7) is 11.0. The summed E-state index contributed by atoms with van der Waals surface area (Å²) in [4.78, 5) is 6.79. The van der Waals surface area contributed by atoms with Crippen LogP contribution < -0.4 is 10.6 Å². The molecule has 1 unspecified atom stereocenters. The number of rotatable bonds is 11. The maximum absolute atomic E-state index is 4.32. The molecule has 1 rings (SSSR count). The topological polar surface area (TPSA) is 57.5 Å². The van der Waals surface area contributed by atoms with Gasteiger partial charge in [-0.3, -0.25) is 9.67 Å². The van der Waals surface area contributed by atoms with Gasteiger partial charge in [0, 0.05) is 32.9 Å². The summed E-state index contributed by atoms with van der Waals surface area (Å²) in [6, 6.07) is 0.435. The minimum Gasteiger partial charge on any atom is -0.356 e. The summed E-state index contributed by atoms with van der Waals surface area (Å²) in [5, 5.41) is 11.1. The zero-order valence-electron chi connectivity index (χ0n) is 16.6. The summed E-state index contributed by atoms with van der Waals surface area (Å²) in [5.41, 5.74) is 1.28. The molecule has 0 saturated heterocycles. The second-order valence-corrected chi connectivity index (χ2v) is 6.34. The molecule has 0 radical (unpaired) electrons. The van der Waals surface area contributed by atoms with Gasteiger partial charge in [0.15, 0.2) is 5.96 Å². The van der Waals surface area contributed by atoms with Crippen molar-refractivity contribution < 1.29 is 0 Å². The van der Waals surface area contributed by atoms with E-state index in [0.29, 0.717) is 6.04 Å². The minimum absolute atomic E-state index is 0. The molecule has 146 valence electrons. The van der Waals surface area contributed by atoms with Crippen molar-refractivity contribution in [3.63, 3.8) is 0 Å². The van der Waals surface area contributed by atoms with Crippen LogP contribution in [0, 0.1) is 0 Å². The monoisotopic (exact) mass is 464 g/mol. The fourth-order valence-electron chi connectivity index (χ4n) is 2.76. The third-order valence-electron chi connectivity index (χ3n) is 4.31. The molecule has 0 aliphatic heterocycles. The van der Waals surface area contributed by atoms with E-state index < -0.39 is 0 Å². The highest BCUT2D eigenvalue weighted by Crippen LogP contribution is 2.01. The molecular formula is C18H37IN6. The van der Waals surface area contributed by atoms with Gasteiger partial charge in [0.1, 0.15) is 0 Å². The molecule has 6 nitrogen and oxygen atoms in total. The van der Waals surface area contributed by atoms with Crippen LogP contribution in [0.25, 0.3) is 0 Å². The highest BCUT2D eigenvalue weighted by molar-refractivity contribution is 14.0. The number of aliphatic imine (C=N–C) groups is 1. The fourth-order valence-corrected chi connectivity index (χ4v) is 2.76. The number of nitrogens with one attached hydrogen (secondary N) is 2. The molecule has 7 heteroatoms. The second kappa shape index (κ2) is 14.4. The van der Waals surface area contributed by atoms with Gasteiger partial charge in [0.05, 0.1) is 6.20 Å². The molecule has 0 saturated carbocycles. The van der Waals surface area contributed by atoms with Gasteiger partial charge in [-0.15, -0.1) is 24.0 Å². The Morgan fingerprint density at radius 2 is 2.04 bits per heavy atom. The van der Waals surface area contributed by atoms with Crippen molar-refractivity contribution in [3.8, 4) is 0 Å². The maximum Gasteiger partial charge on any atom is 0.191 e. The summed E-state index contributed by atoms with van der Waals surface area (Å²) in [7, 11) is 3.79. The van der Waals surface area contributed by atoms with Crippen LogP contribution >= 0.6 is 24.0 Å². The Hall–Kier alpha value is -0.830. The first-order chi connectivity index (χ1) is 11.6. The first-order valence-corrected chi connectivity index (χ1v) is 9.26. The molecule has 0 amide bonds. The van der Waals surface area contributed by atoms with Crippen molar-refractivity contribution >= 4 is 29.9 Å². The highest BCUT2D eigenvalue weighted by Gasteiger charge is 2.06. The van der Waals surface area contributed by atoms with E-state index in [4.69, 9.17) is 0 Å². The van der Waals surface area contributed by atoms with Crippen molar-refractivity contribution in [2.24, 2.45) is 12.0 Å². The molecule has 25 heavy (non-hydrogen) atoms. The number of aryl methyl sites for hydroxylation is 2. The number of hydrogen-bond donors (Lipinski definition) is 2. The first kappa shape index (κ1) is 24.2. The van der Waals surface area contributed by atoms with Gasteiger partial charge in [-0.1, -0.05) is 13.8 Å². The normalized spacial score (nSPS) is 12.8. The van der Waals surface area contributed by atoms with Gasteiger partial charge in [-0.2, -0.15) is 5.10 Å². The Bertz CT molecular complexity index is 470. The lowest BCUT2D eigenvalue weighted by Gasteiger charge is -2.21. The van der Waals surface area contributed by atoms with Crippen molar-refractivity contribution in [2.75, 3.05) is 33.2 Å². The Morgan fingerprint density at radius 1 is 1.32 bits per heavy atom. The van der Waals surface area contributed by atoms with Gasteiger partial charge in [-0.25, -0.2) is 0 Å². The SMILES string of the molecule is CCN(CC)CCCC(C)NC(=NC)NCCCc1cnn(C)c1.I. The number of hydrogen-bond acceptors (Lipinski definition) is 3. The van der Waals surface area contributed by atoms with Crippen LogP contribution in [0.3, 0.4) is 0 Å². The molecule has 0 fully saturated rings. The molecule has 2 N–H and O–H groups in total. The lowest BCUT2D eigenvalue weighted by Crippen LogP contribution is -2.42. The van der Waals surface area contributed by atoms with Crippen LogP contribution in [0.2, 0.25) is 0 Å². The van der Waals surface area contributed by atoms with Gasteiger partial charge in [0.2, 0.25) is 0 Å². The lowest BCUT2D eigenvalue weighted by molar-refractivity contribution is 0.292. The predicted molar refractivity (Wildman–Crippen MR) is 118 cm³/mol. The molecule has 0 aliphatic rings. The zero-order chi connectivity index (χ0) is 17.8.